The lowest BCUT2D eigenvalue weighted by atomic mass is 10.2. The topological polar surface area (TPSA) is 58.4 Å². The molecule has 140 valence electrons. The third-order valence-electron chi connectivity index (χ3n) is 4.78. The highest BCUT2D eigenvalue weighted by atomic mass is 32.2. The number of nitrogens with zero attached hydrogens (tertiary/aromatic N) is 4. The van der Waals surface area contributed by atoms with E-state index < -0.39 is 10.0 Å². The van der Waals surface area contributed by atoms with Gasteiger partial charge in [0.15, 0.2) is 0 Å². The summed E-state index contributed by atoms with van der Waals surface area (Å²) in [5.41, 5.74) is 1.89. The number of benzene rings is 1. The molecule has 0 bridgehead atoms. The van der Waals surface area contributed by atoms with Crippen LogP contribution in [0.2, 0.25) is 0 Å². The molecule has 0 N–H and O–H groups in total. The van der Waals surface area contributed by atoms with Gasteiger partial charge in [-0.1, -0.05) is 42.5 Å². The Morgan fingerprint density at radius 2 is 1.81 bits per heavy atom. The molecule has 0 spiro atoms. The van der Waals surface area contributed by atoms with Crippen molar-refractivity contribution in [2.24, 2.45) is 0 Å². The highest BCUT2D eigenvalue weighted by molar-refractivity contribution is 7.89. The first-order valence-corrected chi connectivity index (χ1v) is 10.4. The van der Waals surface area contributed by atoms with Crippen LogP contribution in [0.3, 0.4) is 0 Å². The number of rotatable bonds is 6. The second-order valence-corrected chi connectivity index (χ2v) is 8.33. The molecule has 1 aromatic heterocycles. The van der Waals surface area contributed by atoms with E-state index in [1.54, 1.807) is 8.99 Å². The van der Waals surface area contributed by atoms with Crippen LogP contribution in [-0.2, 0) is 16.6 Å². The Morgan fingerprint density at radius 3 is 2.42 bits per heavy atom. The van der Waals surface area contributed by atoms with Crippen molar-refractivity contribution >= 4 is 16.1 Å². The van der Waals surface area contributed by atoms with E-state index in [0.29, 0.717) is 30.2 Å². The quantitative estimate of drug-likeness (QED) is 0.778. The van der Waals surface area contributed by atoms with Crippen molar-refractivity contribution in [3.8, 4) is 0 Å². The summed E-state index contributed by atoms with van der Waals surface area (Å²) in [6.07, 6.45) is 5.71. The van der Waals surface area contributed by atoms with Crippen LogP contribution in [0.25, 0.3) is 6.08 Å². The Morgan fingerprint density at radius 1 is 1.12 bits per heavy atom. The fourth-order valence-corrected chi connectivity index (χ4v) is 4.78. The van der Waals surface area contributed by atoms with Crippen LogP contribution in [0.15, 0.2) is 47.5 Å². The average molecular weight is 375 g/mol. The van der Waals surface area contributed by atoms with Crippen molar-refractivity contribution in [3.05, 3.63) is 53.9 Å². The first-order valence-electron chi connectivity index (χ1n) is 8.99. The maximum atomic E-state index is 12.9. The molecule has 0 aliphatic carbocycles. The van der Waals surface area contributed by atoms with E-state index in [4.69, 9.17) is 0 Å². The number of aryl methyl sites for hydroxylation is 1. The minimum absolute atomic E-state index is 0.330. The molecule has 2 aromatic rings. The van der Waals surface area contributed by atoms with E-state index in [1.165, 1.54) is 11.8 Å². The van der Waals surface area contributed by atoms with Crippen molar-refractivity contribution in [3.63, 3.8) is 0 Å². The largest absolute Gasteiger partial charge is 0.297 e. The van der Waals surface area contributed by atoms with Crippen LogP contribution in [0.4, 0.5) is 0 Å². The van der Waals surface area contributed by atoms with E-state index in [1.807, 2.05) is 32.0 Å². The zero-order chi connectivity index (χ0) is 18.6. The summed E-state index contributed by atoms with van der Waals surface area (Å²) in [4.78, 5) is 2.60. The predicted molar refractivity (Wildman–Crippen MR) is 103 cm³/mol. The van der Waals surface area contributed by atoms with Gasteiger partial charge in [0, 0.05) is 39.3 Å². The summed E-state index contributed by atoms with van der Waals surface area (Å²) in [5, 5.41) is 4.17. The summed E-state index contributed by atoms with van der Waals surface area (Å²) < 4.78 is 29.1. The van der Waals surface area contributed by atoms with Crippen LogP contribution in [0.5, 0.6) is 0 Å². The maximum absolute atomic E-state index is 12.9. The summed E-state index contributed by atoms with van der Waals surface area (Å²) in [6.45, 7) is 7.76. The predicted octanol–water partition coefficient (Wildman–Crippen LogP) is 2.23. The van der Waals surface area contributed by atoms with Crippen LogP contribution in [0, 0.1) is 6.92 Å². The summed E-state index contributed by atoms with van der Waals surface area (Å²) in [5.74, 6) is 0. The molecule has 0 unspecified atom stereocenters. The zero-order valence-corrected chi connectivity index (χ0v) is 16.2. The molecule has 0 saturated carbocycles. The minimum Gasteiger partial charge on any atom is -0.297 e. The molecule has 1 aromatic carbocycles. The highest BCUT2D eigenvalue weighted by Crippen LogP contribution is 2.21. The molecule has 1 saturated heterocycles. The summed E-state index contributed by atoms with van der Waals surface area (Å²) >= 11 is 0. The van der Waals surface area contributed by atoms with E-state index in [2.05, 4.69) is 34.3 Å². The number of hydrogen-bond donors (Lipinski definition) is 0. The lowest BCUT2D eigenvalue weighted by molar-refractivity contribution is 0.204. The van der Waals surface area contributed by atoms with Gasteiger partial charge in [0.1, 0.15) is 4.90 Å². The van der Waals surface area contributed by atoms with Crippen LogP contribution >= 0.6 is 0 Å². The molecule has 1 fully saturated rings. The summed E-state index contributed by atoms with van der Waals surface area (Å²) in [7, 11) is -3.46. The van der Waals surface area contributed by atoms with E-state index >= 15 is 0 Å². The lowest BCUT2D eigenvalue weighted by Crippen LogP contribution is -2.48. The molecule has 6 nitrogen and oxygen atoms in total. The fourth-order valence-electron chi connectivity index (χ4n) is 3.19. The molecular weight excluding hydrogens is 348 g/mol. The standard InChI is InChI=1S/C19H26N4O2S/c1-3-23-17(2)19(16-20-23)26(24,25)22-14-12-21(13-15-22)11-7-10-18-8-5-4-6-9-18/h4-10,16H,3,11-15H2,1-2H3/b10-7+. The van der Waals surface area contributed by atoms with Crippen LogP contribution < -0.4 is 0 Å². The van der Waals surface area contributed by atoms with Gasteiger partial charge in [-0.15, -0.1) is 0 Å². The monoisotopic (exact) mass is 374 g/mol. The number of piperazine rings is 1. The molecule has 0 atom stereocenters. The zero-order valence-electron chi connectivity index (χ0n) is 15.4. The second kappa shape index (κ2) is 8.16. The van der Waals surface area contributed by atoms with E-state index in [-0.39, 0.29) is 0 Å². The van der Waals surface area contributed by atoms with Crippen molar-refractivity contribution < 1.29 is 8.42 Å². The second-order valence-electron chi connectivity index (χ2n) is 6.43. The van der Waals surface area contributed by atoms with E-state index in [9.17, 15) is 8.42 Å². The van der Waals surface area contributed by atoms with Crippen molar-refractivity contribution in [2.45, 2.75) is 25.3 Å². The molecule has 0 radical (unpaired) electrons. The molecule has 1 aliphatic heterocycles. The van der Waals surface area contributed by atoms with Gasteiger partial charge >= 0.3 is 0 Å². The first-order chi connectivity index (χ1) is 12.5. The molecule has 2 heterocycles. The van der Waals surface area contributed by atoms with Crippen LogP contribution in [0.1, 0.15) is 18.2 Å². The number of aromatic nitrogens is 2. The van der Waals surface area contributed by atoms with Gasteiger partial charge in [0.25, 0.3) is 0 Å². The van der Waals surface area contributed by atoms with Crippen LogP contribution in [-0.4, -0.2) is 60.1 Å². The fraction of sp³-hybridized carbons (Fsp3) is 0.421. The Hall–Kier alpha value is -1.96. The summed E-state index contributed by atoms with van der Waals surface area (Å²) in [6, 6.07) is 10.2. The van der Waals surface area contributed by atoms with Crippen molar-refractivity contribution in [1.29, 1.82) is 0 Å². The molecule has 0 amide bonds. The van der Waals surface area contributed by atoms with E-state index in [0.717, 1.165) is 19.6 Å². The molecular formula is C19H26N4O2S. The third-order valence-corrected chi connectivity index (χ3v) is 6.78. The normalized spacial score (nSPS) is 17.2. The number of sulfonamides is 1. The van der Waals surface area contributed by atoms with Gasteiger partial charge in [0.2, 0.25) is 10.0 Å². The Labute approximate surface area is 155 Å². The molecule has 3 rings (SSSR count). The highest BCUT2D eigenvalue weighted by Gasteiger charge is 2.30. The van der Waals surface area contributed by atoms with Gasteiger partial charge < -0.3 is 0 Å². The number of hydrogen-bond acceptors (Lipinski definition) is 4. The average Bonchev–Trinajstić information content (AvgIpc) is 3.04. The first kappa shape index (κ1) is 18.8. The Balaban J connectivity index is 1.57. The Kier molecular flexibility index (Phi) is 5.90. The maximum Gasteiger partial charge on any atom is 0.246 e. The molecule has 1 aliphatic rings. The smallest absolute Gasteiger partial charge is 0.246 e. The lowest BCUT2D eigenvalue weighted by Gasteiger charge is -2.33. The third kappa shape index (κ3) is 4.06. The minimum atomic E-state index is -3.46. The van der Waals surface area contributed by atoms with Gasteiger partial charge in [-0.25, -0.2) is 8.42 Å². The SMILES string of the molecule is CCn1ncc(S(=O)(=O)N2CCN(C/C=C/c3ccccc3)CC2)c1C. The van der Waals surface area contributed by atoms with Gasteiger partial charge in [-0.2, -0.15) is 9.40 Å². The van der Waals surface area contributed by atoms with Gasteiger partial charge in [-0.05, 0) is 19.4 Å². The Bertz CT molecular complexity index is 851. The van der Waals surface area contributed by atoms with Gasteiger partial charge in [-0.3, -0.25) is 9.58 Å². The van der Waals surface area contributed by atoms with Gasteiger partial charge in [0.05, 0.1) is 11.9 Å². The molecule has 7 heteroatoms. The van der Waals surface area contributed by atoms with Crippen molar-refractivity contribution in [2.75, 3.05) is 32.7 Å². The van der Waals surface area contributed by atoms with Crippen molar-refractivity contribution in [1.82, 2.24) is 19.0 Å². The molecule has 26 heavy (non-hydrogen) atoms.